The lowest BCUT2D eigenvalue weighted by molar-refractivity contribution is -0.408. The summed E-state index contributed by atoms with van der Waals surface area (Å²) in [5.41, 5.74) is -1.13. The molecule has 7 aliphatic heterocycles. The number of aliphatic hydroxyl groups excluding tert-OH is 17. The summed E-state index contributed by atoms with van der Waals surface area (Å²) in [5, 5.41) is 195. The minimum atomic E-state index is -2.00. The van der Waals surface area contributed by atoms with Crippen molar-refractivity contribution >= 4 is 5.78 Å². The summed E-state index contributed by atoms with van der Waals surface area (Å²) in [4.78, 5) is 15.0. The van der Waals surface area contributed by atoms with Crippen LogP contribution in [0.5, 0.6) is 0 Å². The van der Waals surface area contributed by atoms with E-state index < -0.39 is 228 Å². The van der Waals surface area contributed by atoms with E-state index in [0.717, 1.165) is 12.8 Å². The molecule has 0 radical (unpaired) electrons. The number of Topliss-reactive ketones (excluding diaryl/α,β-unsaturated/α-hetero) is 1. The second kappa shape index (κ2) is 28.8. The van der Waals surface area contributed by atoms with Crippen molar-refractivity contribution in [2.75, 3.05) is 39.6 Å². The van der Waals surface area contributed by atoms with Crippen LogP contribution in [0.15, 0.2) is 0 Å². The Labute approximate surface area is 537 Å². The van der Waals surface area contributed by atoms with Crippen molar-refractivity contribution in [2.24, 2.45) is 52.3 Å². The maximum Gasteiger partial charge on any atom is 0.187 e. The molecule has 7 saturated heterocycles. The molecule has 18 N–H and O–H groups in total. The number of rotatable bonds is 19. The Hall–Kier alpha value is -1.57. The summed E-state index contributed by atoms with van der Waals surface area (Å²) < 4.78 is 78.9. The molecule has 0 aromatic rings. The number of fused-ring (bicyclic) bond motifs is 7. The number of hydrogen-bond donors (Lipinski definition) is 18. The molecule has 7 heterocycles. The number of ketones is 1. The molecule has 0 bridgehead atoms. The lowest BCUT2D eigenvalue weighted by atomic mass is 9.44. The van der Waals surface area contributed by atoms with E-state index in [1.165, 1.54) is 6.92 Å². The molecule has 0 amide bonds. The third-order valence-electron chi connectivity index (χ3n) is 23.4. The molecule has 32 heteroatoms. The number of hydrogen-bond acceptors (Lipinski definition) is 32. The summed E-state index contributed by atoms with van der Waals surface area (Å²) in [7, 11) is 0. The summed E-state index contributed by atoms with van der Waals surface area (Å²) >= 11 is 0. The Morgan fingerprint density at radius 1 is 0.538 bits per heavy atom. The van der Waals surface area contributed by atoms with Gasteiger partial charge in [0, 0.05) is 30.1 Å². The summed E-state index contributed by atoms with van der Waals surface area (Å²) in [6.45, 7) is 5.98. The topological polar surface area (TPSA) is 501 Å². The highest BCUT2D eigenvalue weighted by atomic mass is 16.8. The maximum atomic E-state index is 15.0. The van der Waals surface area contributed by atoms with Crippen LogP contribution in [0.3, 0.4) is 0 Å². The summed E-state index contributed by atoms with van der Waals surface area (Å²) in [6, 6.07) is 0. The molecule has 4 saturated carbocycles. The first-order valence-corrected chi connectivity index (χ1v) is 33.0. The van der Waals surface area contributed by atoms with E-state index in [9.17, 15) is 91.9 Å². The maximum absolute atomic E-state index is 15.0. The first kappa shape index (κ1) is 72.7. The number of carbonyl (C=O) groups excluding carboxylic acids is 1. The Morgan fingerprint density at radius 3 is 1.73 bits per heavy atom. The zero-order valence-electron chi connectivity index (χ0n) is 52.7. The van der Waals surface area contributed by atoms with Crippen molar-refractivity contribution in [3.8, 4) is 0 Å². The smallest absolute Gasteiger partial charge is 0.187 e. The average molecular weight is 1350 g/mol. The predicted octanol–water partition coefficient (Wildman–Crippen LogP) is -6.82. The van der Waals surface area contributed by atoms with Crippen LogP contribution >= 0.6 is 0 Å². The first-order chi connectivity index (χ1) is 44.0. The standard InChI is InChI=1S/C61H100O32/c1-21(18-81-53-46(77)43(74)40(71)32(15-62)86-53)8-11-61(80)22(2)36-31(93-61)13-28-26-7-6-24-12-25(9-10-59(24,4)27(26)14-35(67)60(28,36)5)85-57-51(91-56-47(78)42(73)37(68)23(3)84-56)48(79)49(34(17-64)88-57)89-58-52(92-55-45(76)39(70)30(66)20-83-55)50(41(72)33(16-63)87-58)90-54-44(75)38(69)29(65)19-82-54/h21-34,36-58,62-66,68-80H,6-20H2,1-5H3/t21-,22+,23+,24+,25+,26-,27+,28+,29-,30-,31+,32-,33-,34-,36+,37+,38+,39+,40-,41-,42-,43+,44-,45-,46-,47-,48+,49+,50+,51-,52-,53-,54+,55+,56+,57-,58+,59+,60-,61+/m1/s1. The van der Waals surface area contributed by atoms with Crippen LogP contribution in [0, 0.1) is 52.3 Å². The van der Waals surface area contributed by atoms with Gasteiger partial charge in [0.1, 0.15) is 134 Å². The van der Waals surface area contributed by atoms with Crippen LogP contribution in [-0.4, -0.2) is 327 Å². The third kappa shape index (κ3) is 13.4. The largest absolute Gasteiger partial charge is 0.394 e. The van der Waals surface area contributed by atoms with Gasteiger partial charge in [0.15, 0.2) is 43.5 Å². The SMILES string of the molecule is C[C@H](CC[C@]1(O)O[C@H]2C[C@H]3[C@@H]4CC[C@H]5C[C@@H](O[C@@H]6O[C@H](CO)[C@H](O[C@@H]7O[C@H](CO)[C@@H](O)[C@H](O[C@@H]8OC[C@@H](O)[C@H](O)[C@H]8O)[C@H]7O[C@@H]7OC[C@@H](O)[C@H](O)[C@H]7O)[C@H](O)[C@H]6O[C@@H]6O[C@@H](C)[C@H](O)[C@@H](O)[C@H]6O)CC[C@]5(C)[C@H]4CC(=O)[C@]3(C)[C@H]2[C@@H]1C)CO[C@@H]1O[C@H](CO)[C@@H](O)[C@H](O)[C@H]1O. The monoisotopic (exact) mass is 1340 g/mol. The van der Waals surface area contributed by atoms with Crippen LogP contribution in [-0.2, 0) is 66.4 Å². The summed E-state index contributed by atoms with van der Waals surface area (Å²) in [6.07, 6.45) is -44.1. The van der Waals surface area contributed by atoms with Crippen LogP contribution in [0.1, 0.15) is 92.4 Å². The van der Waals surface area contributed by atoms with E-state index in [4.69, 9.17) is 61.6 Å². The predicted molar refractivity (Wildman–Crippen MR) is 304 cm³/mol. The van der Waals surface area contributed by atoms with E-state index in [1.54, 1.807) is 0 Å². The molecule has 32 nitrogen and oxygen atoms in total. The Kier molecular flexibility index (Phi) is 22.5. The van der Waals surface area contributed by atoms with Crippen molar-refractivity contribution in [1.82, 2.24) is 0 Å². The van der Waals surface area contributed by atoms with E-state index >= 15 is 4.79 Å². The van der Waals surface area contributed by atoms with Gasteiger partial charge in [-0.2, -0.15) is 0 Å². The normalized spacial score (nSPS) is 55.4. The van der Waals surface area contributed by atoms with Gasteiger partial charge in [-0.05, 0) is 86.9 Å². The molecule has 93 heavy (non-hydrogen) atoms. The molecule has 0 spiro atoms. The zero-order valence-corrected chi connectivity index (χ0v) is 52.7. The van der Waals surface area contributed by atoms with Gasteiger partial charge in [-0.25, -0.2) is 0 Å². The molecule has 40 atom stereocenters. The fraction of sp³-hybridized carbons (Fsp3) is 0.984. The van der Waals surface area contributed by atoms with Crippen LogP contribution in [0.4, 0.5) is 0 Å². The minimum absolute atomic E-state index is 0.00902. The van der Waals surface area contributed by atoms with E-state index in [2.05, 4.69) is 6.92 Å². The Balaban J connectivity index is 0.782. The van der Waals surface area contributed by atoms with Crippen LogP contribution in [0.25, 0.3) is 0 Å². The van der Waals surface area contributed by atoms with Crippen molar-refractivity contribution in [3.05, 3.63) is 0 Å². The summed E-state index contributed by atoms with van der Waals surface area (Å²) in [5.74, 6) is -2.15. The van der Waals surface area contributed by atoms with Gasteiger partial charge in [0.25, 0.3) is 0 Å². The van der Waals surface area contributed by atoms with Gasteiger partial charge in [-0.1, -0.05) is 27.7 Å². The highest BCUT2D eigenvalue weighted by Gasteiger charge is 2.71. The zero-order chi connectivity index (χ0) is 67.2. The highest BCUT2D eigenvalue weighted by molar-refractivity contribution is 5.87. The third-order valence-corrected chi connectivity index (χ3v) is 23.4. The average Bonchev–Trinajstić information content (AvgIpc) is 1.56. The fourth-order valence-corrected chi connectivity index (χ4v) is 17.6. The van der Waals surface area contributed by atoms with Crippen molar-refractivity contribution < 1.29 is 158 Å². The molecule has 4 aliphatic carbocycles. The Bertz CT molecular complexity index is 2480. The molecule has 11 fully saturated rings. The van der Waals surface area contributed by atoms with Gasteiger partial charge in [-0.3, -0.25) is 4.79 Å². The van der Waals surface area contributed by atoms with Gasteiger partial charge in [0.05, 0.1) is 58.0 Å². The number of carbonyl (C=O) groups is 1. The molecule has 536 valence electrons. The minimum Gasteiger partial charge on any atom is -0.394 e. The molecule has 11 rings (SSSR count). The molecule has 0 unspecified atom stereocenters. The van der Waals surface area contributed by atoms with Gasteiger partial charge in [0.2, 0.25) is 0 Å². The van der Waals surface area contributed by atoms with E-state index in [0.29, 0.717) is 38.5 Å². The highest BCUT2D eigenvalue weighted by Crippen LogP contribution is 2.70. The molecule has 0 aromatic carbocycles. The van der Waals surface area contributed by atoms with Gasteiger partial charge < -0.3 is 153 Å². The first-order valence-electron chi connectivity index (χ1n) is 33.0. The van der Waals surface area contributed by atoms with Crippen molar-refractivity contribution in [3.63, 3.8) is 0 Å². The van der Waals surface area contributed by atoms with E-state index in [-0.39, 0.29) is 65.8 Å². The second-order valence-corrected chi connectivity index (χ2v) is 28.8. The van der Waals surface area contributed by atoms with Gasteiger partial charge >= 0.3 is 0 Å². The molecule has 0 aromatic heterocycles. The Morgan fingerprint density at radius 2 is 1.09 bits per heavy atom. The number of aliphatic hydroxyl groups is 18. The van der Waals surface area contributed by atoms with Gasteiger partial charge in [-0.15, -0.1) is 0 Å². The lowest BCUT2D eigenvalue weighted by Gasteiger charge is -2.60. The van der Waals surface area contributed by atoms with Crippen LogP contribution in [0.2, 0.25) is 0 Å². The van der Waals surface area contributed by atoms with E-state index in [1.807, 2.05) is 20.8 Å². The van der Waals surface area contributed by atoms with Crippen LogP contribution < -0.4 is 0 Å². The lowest BCUT2D eigenvalue weighted by Crippen LogP contribution is -2.68. The molecular weight excluding hydrogens is 1240 g/mol. The quantitative estimate of drug-likeness (QED) is 0.0535. The van der Waals surface area contributed by atoms with Crippen molar-refractivity contribution in [1.29, 1.82) is 0 Å². The second-order valence-electron chi connectivity index (χ2n) is 28.8. The molecular formula is C61H100O32. The fourth-order valence-electron chi connectivity index (χ4n) is 17.6. The number of ether oxygens (including phenoxy) is 13. The molecule has 11 aliphatic rings. The van der Waals surface area contributed by atoms with Crippen molar-refractivity contribution in [2.45, 2.75) is 282 Å².